The zero-order chi connectivity index (χ0) is 20.3. The lowest BCUT2D eigenvalue weighted by Crippen LogP contribution is -2.54. The van der Waals surface area contributed by atoms with Crippen LogP contribution >= 0.6 is 15.9 Å². The average Bonchev–Trinajstić information content (AvgIpc) is 2.65. The third-order valence-electron chi connectivity index (χ3n) is 4.15. The maximum absolute atomic E-state index is 12.9. The summed E-state index contributed by atoms with van der Waals surface area (Å²) in [7, 11) is 1.57. The van der Waals surface area contributed by atoms with Gasteiger partial charge in [-0.2, -0.15) is 0 Å². The normalized spacial score (nSPS) is 15.6. The first kappa shape index (κ1) is 19.6. The SMILES string of the molecule is C=CCc1cc(/C=C2\C(=O)NC(=O)N(c3cccc(Br)c3)C2=O)ccc1OC. The zero-order valence-corrected chi connectivity index (χ0v) is 16.7. The Kier molecular flexibility index (Phi) is 5.75. The monoisotopic (exact) mass is 440 g/mol. The molecule has 0 spiro atoms. The molecule has 0 aromatic heterocycles. The molecule has 0 bridgehead atoms. The number of carbonyl (C=O) groups excluding carboxylic acids is 3. The molecule has 1 saturated heterocycles. The number of anilines is 1. The third kappa shape index (κ3) is 3.89. The summed E-state index contributed by atoms with van der Waals surface area (Å²) < 4.78 is 6.02. The quantitative estimate of drug-likeness (QED) is 0.435. The number of nitrogens with one attached hydrogen (secondary N) is 1. The van der Waals surface area contributed by atoms with E-state index in [-0.39, 0.29) is 5.57 Å². The van der Waals surface area contributed by atoms with Crippen molar-refractivity contribution >= 4 is 45.5 Å². The van der Waals surface area contributed by atoms with Gasteiger partial charge < -0.3 is 4.74 Å². The number of ether oxygens (including phenoxy) is 1. The molecule has 1 heterocycles. The van der Waals surface area contributed by atoms with Crippen molar-refractivity contribution < 1.29 is 19.1 Å². The molecule has 142 valence electrons. The van der Waals surface area contributed by atoms with Crippen LogP contribution in [0.4, 0.5) is 10.5 Å². The van der Waals surface area contributed by atoms with Gasteiger partial charge in [0.2, 0.25) is 0 Å². The van der Waals surface area contributed by atoms with Gasteiger partial charge in [-0.3, -0.25) is 14.9 Å². The fraction of sp³-hybridized carbons (Fsp3) is 0.0952. The molecule has 7 heteroatoms. The van der Waals surface area contributed by atoms with Crippen LogP contribution in [0.25, 0.3) is 6.08 Å². The van der Waals surface area contributed by atoms with Crippen LogP contribution < -0.4 is 15.0 Å². The minimum absolute atomic E-state index is 0.130. The molecule has 0 saturated carbocycles. The third-order valence-corrected chi connectivity index (χ3v) is 4.64. The summed E-state index contributed by atoms with van der Waals surface area (Å²) >= 11 is 3.31. The number of hydrogen-bond donors (Lipinski definition) is 1. The number of allylic oxidation sites excluding steroid dienone is 1. The number of hydrogen-bond acceptors (Lipinski definition) is 4. The summed E-state index contributed by atoms with van der Waals surface area (Å²) in [6.07, 6.45) is 3.77. The minimum Gasteiger partial charge on any atom is -0.496 e. The summed E-state index contributed by atoms with van der Waals surface area (Å²) in [5.41, 5.74) is 1.74. The summed E-state index contributed by atoms with van der Waals surface area (Å²) in [5.74, 6) is -0.734. The van der Waals surface area contributed by atoms with Crippen LogP contribution in [0.2, 0.25) is 0 Å². The van der Waals surface area contributed by atoms with E-state index < -0.39 is 17.8 Å². The maximum atomic E-state index is 12.9. The Morgan fingerprint density at radius 3 is 2.64 bits per heavy atom. The van der Waals surface area contributed by atoms with Gasteiger partial charge in [-0.15, -0.1) is 6.58 Å². The van der Waals surface area contributed by atoms with Crippen molar-refractivity contribution in [3.63, 3.8) is 0 Å². The molecular formula is C21H17BrN2O4. The molecule has 28 heavy (non-hydrogen) atoms. The first-order valence-corrected chi connectivity index (χ1v) is 9.18. The molecule has 2 aromatic rings. The standard InChI is InChI=1S/C21H17BrN2O4/c1-3-5-14-10-13(8-9-18(14)28-2)11-17-19(25)23-21(27)24(20(17)26)16-7-4-6-15(22)12-16/h3-4,6-12H,1,5H2,2H3,(H,23,25,27)/b17-11+. The van der Waals surface area contributed by atoms with E-state index in [9.17, 15) is 14.4 Å². The molecule has 1 aliphatic heterocycles. The van der Waals surface area contributed by atoms with E-state index in [2.05, 4.69) is 27.8 Å². The van der Waals surface area contributed by atoms with Gasteiger partial charge >= 0.3 is 6.03 Å². The molecule has 1 fully saturated rings. The van der Waals surface area contributed by atoms with Gasteiger partial charge in [0.25, 0.3) is 11.8 Å². The number of imide groups is 2. The van der Waals surface area contributed by atoms with Crippen molar-refractivity contribution in [2.24, 2.45) is 0 Å². The highest BCUT2D eigenvalue weighted by molar-refractivity contribution is 9.10. The highest BCUT2D eigenvalue weighted by Crippen LogP contribution is 2.26. The van der Waals surface area contributed by atoms with Crippen LogP contribution in [-0.4, -0.2) is 25.0 Å². The zero-order valence-electron chi connectivity index (χ0n) is 15.1. The second kappa shape index (κ2) is 8.22. The number of benzene rings is 2. The van der Waals surface area contributed by atoms with E-state index in [1.165, 1.54) is 6.08 Å². The molecule has 4 amide bonds. The van der Waals surface area contributed by atoms with E-state index in [0.29, 0.717) is 27.9 Å². The molecule has 0 unspecified atom stereocenters. The molecule has 2 aromatic carbocycles. The smallest absolute Gasteiger partial charge is 0.335 e. The highest BCUT2D eigenvalue weighted by atomic mass is 79.9. The molecule has 1 aliphatic rings. The van der Waals surface area contributed by atoms with Gasteiger partial charge in [0.15, 0.2) is 0 Å². The summed E-state index contributed by atoms with van der Waals surface area (Å²) in [5, 5.41) is 2.21. The number of halogens is 1. The Hall–Kier alpha value is -3.19. The van der Waals surface area contributed by atoms with Gasteiger partial charge in [-0.1, -0.05) is 34.1 Å². The van der Waals surface area contributed by atoms with Crippen LogP contribution in [0.3, 0.4) is 0 Å². The van der Waals surface area contributed by atoms with E-state index in [0.717, 1.165) is 10.5 Å². The van der Waals surface area contributed by atoms with Crippen molar-refractivity contribution in [1.29, 1.82) is 0 Å². The van der Waals surface area contributed by atoms with Crippen LogP contribution in [0.5, 0.6) is 5.75 Å². The van der Waals surface area contributed by atoms with Crippen molar-refractivity contribution in [1.82, 2.24) is 5.32 Å². The molecule has 3 rings (SSSR count). The van der Waals surface area contributed by atoms with Crippen LogP contribution in [0, 0.1) is 0 Å². The van der Waals surface area contributed by atoms with Crippen LogP contribution in [0.1, 0.15) is 11.1 Å². The van der Waals surface area contributed by atoms with Gasteiger partial charge in [0.1, 0.15) is 11.3 Å². The Labute approximate surface area is 170 Å². The number of rotatable bonds is 5. The highest BCUT2D eigenvalue weighted by Gasteiger charge is 2.36. The lowest BCUT2D eigenvalue weighted by molar-refractivity contribution is -0.122. The number of amides is 4. The average molecular weight is 441 g/mol. The lowest BCUT2D eigenvalue weighted by atomic mass is 10.0. The second-order valence-electron chi connectivity index (χ2n) is 6.00. The van der Waals surface area contributed by atoms with E-state index in [1.807, 2.05) is 6.07 Å². The first-order valence-electron chi connectivity index (χ1n) is 8.39. The number of urea groups is 1. The summed E-state index contributed by atoms with van der Waals surface area (Å²) in [6.45, 7) is 3.72. The fourth-order valence-electron chi connectivity index (χ4n) is 2.88. The Bertz CT molecular complexity index is 1010. The predicted octanol–water partition coefficient (Wildman–Crippen LogP) is 3.85. The van der Waals surface area contributed by atoms with Crippen molar-refractivity contribution in [3.8, 4) is 5.75 Å². The van der Waals surface area contributed by atoms with Gasteiger partial charge in [-0.25, -0.2) is 9.69 Å². The molecule has 0 aliphatic carbocycles. The number of barbiturate groups is 1. The Balaban J connectivity index is 2.02. The van der Waals surface area contributed by atoms with Crippen LogP contribution in [0.15, 0.2) is 65.2 Å². The van der Waals surface area contributed by atoms with Gasteiger partial charge in [-0.05, 0) is 54.0 Å². The van der Waals surface area contributed by atoms with E-state index in [4.69, 9.17) is 4.74 Å². The Morgan fingerprint density at radius 2 is 1.96 bits per heavy atom. The largest absolute Gasteiger partial charge is 0.496 e. The molecule has 0 atom stereocenters. The summed E-state index contributed by atoms with van der Waals surface area (Å²) in [6, 6.07) is 11.2. The summed E-state index contributed by atoms with van der Waals surface area (Å²) in [4.78, 5) is 38.4. The molecule has 1 N–H and O–H groups in total. The number of carbonyl (C=O) groups is 3. The topological polar surface area (TPSA) is 75.7 Å². The van der Waals surface area contributed by atoms with Gasteiger partial charge in [0, 0.05) is 4.47 Å². The predicted molar refractivity (Wildman–Crippen MR) is 110 cm³/mol. The van der Waals surface area contributed by atoms with E-state index in [1.54, 1.807) is 49.6 Å². The van der Waals surface area contributed by atoms with E-state index >= 15 is 0 Å². The first-order chi connectivity index (χ1) is 13.4. The van der Waals surface area contributed by atoms with Crippen LogP contribution in [-0.2, 0) is 16.0 Å². The molecule has 0 radical (unpaired) electrons. The molecule has 6 nitrogen and oxygen atoms in total. The number of nitrogens with zero attached hydrogens (tertiary/aromatic N) is 1. The fourth-order valence-corrected chi connectivity index (χ4v) is 3.26. The van der Waals surface area contributed by atoms with Crippen molar-refractivity contribution in [2.45, 2.75) is 6.42 Å². The van der Waals surface area contributed by atoms with Crippen molar-refractivity contribution in [3.05, 3.63) is 76.3 Å². The second-order valence-corrected chi connectivity index (χ2v) is 6.92. The minimum atomic E-state index is -0.785. The maximum Gasteiger partial charge on any atom is 0.335 e. The van der Waals surface area contributed by atoms with Gasteiger partial charge in [0.05, 0.1) is 12.8 Å². The van der Waals surface area contributed by atoms with Crippen molar-refractivity contribution in [2.75, 3.05) is 12.0 Å². The lowest BCUT2D eigenvalue weighted by Gasteiger charge is -2.26. The Morgan fingerprint density at radius 1 is 1.18 bits per heavy atom. The number of methoxy groups -OCH3 is 1. The molecular weight excluding hydrogens is 424 g/mol.